The lowest BCUT2D eigenvalue weighted by Gasteiger charge is -2.22. The third-order valence-electron chi connectivity index (χ3n) is 11.3. The molecule has 0 saturated heterocycles. The second-order valence-electron chi connectivity index (χ2n) is 17.1. The summed E-state index contributed by atoms with van der Waals surface area (Å²) in [5, 5.41) is 9.02. The molecule has 58 heavy (non-hydrogen) atoms. The molecule has 350 valence electrons. The first-order valence-electron chi connectivity index (χ1n) is 24.1. The van der Waals surface area contributed by atoms with Gasteiger partial charge in [-0.2, -0.15) is 0 Å². The minimum atomic E-state index is -0.227. The zero-order valence-electron chi connectivity index (χ0n) is 42.2. The molecule has 3 atom stereocenters. The van der Waals surface area contributed by atoms with Crippen LogP contribution in [0.4, 0.5) is 0 Å². The van der Waals surface area contributed by atoms with Crippen LogP contribution >= 0.6 is 0 Å². The number of hydrogen-bond donors (Lipinski definition) is 3. The van der Waals surface area contributed by atoms with Crippen molar-refractivity contribution < 1.29 is 14.4 Å². The number of unbranched alkanes of at least 4 members (excludes halogenated alkanes) is 2. The van der Waals surface area contributed by atoms with Crippen LogP contribution in [0.1, 0.15) is 174 Å². The van der Waals surface area contributed by atoms with E-state index in [4.69, 9.17) is 0 Å². The molecular weight excluding hydrogens is 723 g/mol. The minimum Gasteiger partial charge on any atom is -0.356 e. The van der Waals surface area contributed by atoms with Crippen LogP contribution in [0, 0.1) is 23.2 Å². The zero-order valence-corrected chi connectivity index (χ0v) is 42.2. The normalized spacial score (nSPS) is 12.8. The SMILES string of the molecule is CCC(C)C(=O)NCCCN(CC)CC.CCC(C)CN(C)C.CCCCN(CCCC)CCCNC(=O)C(C)CC.CCN(CC)CCCNC(=O)C(C)(C)CC. The molecule has 10 heteroatoms. The molecule has 0 fully saturated rings. The predicted molar refractivity (Wildman–Crippen MR) is 256 cm³/mol. The molecule has 0 radical (unpaired) electrons. The van der Waals surface area contributed by atoms with Crippen molar-refractivity contribution in [3.8, 4) is 0 Å². The highest BCUT2D eigenvalue weighted by molar-refractivity contribution is 5.81. The highest BCUT2D eigenvalue weighted by atomic mass is 16.2. The molecule has 10 nitrogen and oxygen atoms in total. The lowest BCUT2D eigenvalue weighted by Crippen LogP contribution is -2.38. The van der Waals surface area contributed by atoms with Crippen molar-refractivity contribution in [2.45, 2.75) is 174 Å². The monoisotopic (exact) mass is 828 g/mol. The average molecular weight is 828 g/mol. The van der Waals surface area contributed by atoms with Gasteiger partial charge < -0.3 is 35.6 Å². The largest absolute Gasteiger partial charge is 0.356 e. The summed E-state index contributed by atoms with van der Waals surface area (Å²) in [6, 6.07) is 0. The van der Waals surface area contributed by atoms with E-state index in [2.05, 4.69) is 119 Å². The molecule has 0 rings (SSSR count). The van der Waals surface area contributed by atoms with Gasteiger partial charge in [0.25, 0.3) is 0 Å². The molecule has 0 aromatic rings. The molecule has 0 heterocycles. The lowest BCUT2D eigenvalue weighted by molar-refractivity contribution is -0.129. The van der Waals surface area contributed by atoms with Crippen LogP contribution in [0.15, 0.2) is 0 Å². The van der Waals surface area contributed by atoms with E-state index < -0.39 is 0 Å². The number of amides is 3. The lowest BCUT2D eigenvalue weighted by atomic mass is 9.89. The van der Waals surface area contributed by atoms with E-state index >= 15 is 0 Å². The summed E-state index contributed by atoms with van der Waals surface area (Å²) < 4.78 is 0. The Labute approximate surface area is 363 Å². The van der Waals surface area contributed by atoms with E-state index in [1.807, 2.05) is 34.6 Å². The third kappa shape index (κ3) is 39.7. The standard InChI is InChI=1S/C16H34N2O.C13H28N2O.C12H26N2O.C7H17N/c1-5-8-12-18(13-9-6-2)14-10-11-17-16(19)15(4)7-3;1-6-13(4,5)12(16)14-10-9-11-15(7-2)8-3;1-5-11(4)12(15)13-9-8-10-14(6-2)7-3;1-5-7(2)6-8(3)4/h15H,5-14H2,1-4H3,(H,17,19);6-11H2,1-5H3,(H,14,16);11H,5-10H2,1-4H3,(H,13,15);7H,5-6H2,1-4H3. The molecule has 0 aliphatic carbocycles. The fraction of sp³-hybridized carbons (Fsp3) is 0.938. The van der Waals surface area contributed by atoms with E-state index in [1.165, 1.54) is 51.7 Å². The Kier molecular flexibility index (Phi) is 47.0. The van der Waals surface area contributed by atoms with Gasteiger partial charge in [-0.05, 0) is 130 Å². The number of hydrogen-bond acceptors (Lipinski definition) is 7. The maximum atomic E-state index is 11.8. The molecule has 0 aromatic heterocycles. The van der Waals surface area contributed by atoms with E-state index in [0.717, 1.165) is 110 Å². The van der Waals surface area contributed by atoms with Gasteiger partial charge in [0.15, 0.2) is 0 Å². The summed E-state index contributed by atoms with van der Waals surface area (Å²) >= 11 is 0. The smallest absolute Gasteiger partial charge is 0.225 e. The van der Waals surface area contributed by atoms with Crippen molar-refractivity contribution in [3.63, 3.8) is 0 Å². The van der Waals surface area contributed by atoms with Crippen LogP contribution < -0.4 is 16.0 Å². The van der Waals surface area contributed by atoms with Gasteiger partial charge in [-0.3, -0.25) is 14.4 Å². The Balaban J connectivity index is -0.000000347. The fourth-order valence-corrected chi connectivity index (χ4v) is 5.58. The number of carbonyl (C=O) groups excluding carboxylic acids is 3. The number of nitrogens with one attached hydrogen (secondary N) is 3. The molecule has 0 saturated carbocycles. The van der Waals surface area contributed by atoms with E-state index in [9.17, 15) is 14.4 Å². The van der Waals surface area contributed by atoms with Gasteiger partial charge >= 0.3 is 0 Å². The van der Waals surface area contributed by atoms with Gasteiger partial charge in [-0.1, -0.05) is 123 Å². The van der Waals surface area contributed by atoms with Gasteiger partial charge in [-0.25, -0.2) is 0 Å². The second-order valence-corrected chi connectivity index (χ2v) is 17.1. The highest BCUT2D eigenvalue weighted by Gasteiger charge is 2.24. The molecule has 3 N–H and O–H groups in total. The van der Waals surface area contributed by atoms with Crippen LogP contribution in [0.3, 0.4) is 0 Å². The van der Waals surface area contributed by atoms with E-state index in [0.29, 0.717) is 0 Å². The van der Waals surface area contributed by atoms with Gasteiger partial charge in [0, 0.05) is 43.4 Å². The van der Waals surface area contributed by atoms with Crippen LogP contribution in [-0.4, -0.2) is 136 Å². The predicted octanol–water partition coefficient (Wildman–Crippen LogP) is 9.19. The van der Waals surface area contributed by atoms with Crippen molar-refractivity contribution in [3.05, 3.63) is 0 Å². The first-order chi connectivity index (χ1) is 27.4. The van der Waals surface area contributed by atoms with Crippen molar-refractivity contribution in [1.82, 2.24) is 35.6 Å². The van der Waals surface area contributed by atoms with Crippen molar-refractivity contribution in [2.75, 3.05) is 99.2 Å². The maximum absolute atomic E-state index is 11.8. The first-order valence-corrected chi connectivity index (χ1v) is 24.1. The number of nitrogens with zero attached hydrogens (tertiary/aromatic N) is 4. The molecule has 0 aliphatic rings. The molecule has 0 aromatic carbocycles. The van der Waals surface area contributed by atoms with Crippen LogP contribution in [0.2, 0.25) is 0 Å². The summed E-state index contributed by atoms with van der Waals surface area (Å²) in [5.41, 5.74) is -0.227. The Morgan fingerprint density at radius 1 is 0.500 bits per heavy atom. The van der Waals surface area contributed by atoms with Gasteiger partial charge in [-0.15, -0.1) is 0 Å². The minimum absolute atomic E-state index is 0.149. The van der Waals surface area contributed by atoms with Crippen molar-refractivity contribution in [2.24, 2.45) is 23.2 Å². The zero-order chi connectivity index (χ0) is 45.4. The fourth-order valence-electron chi connectivity index (χ4n) is 5.58. The summed E-state index contributed by atoms with van der Waals surface area (Å²) in [6.07, 6.45) is 12.2. The molecule has 3 amide bonds. The Bertz CT molecular complexity index is 902. The van der Waals surface area contributed by atoms with Gasteiger partial charge in [0.2, 0.25) is 17.7 Å². The first kappa shape index (κ1) is 62.9. The van der Waals surface area contributed by atoms with Crippen LogP contribution in [0.5, 0.6) is 0 Å². The molecule has 0 bridgehead atoms. The molecular formula is C48H105N7O3. The summed E-state index contributed by atoms with van der Waals surface area (Å²) in [4.78, 5) is 44.3. The van der Waals surface area contributed by atoms with Crippen LogP contribution in [-0.2, 0) is 14.4 Å². The van der Waals surface area contributed by atoms with Crippen molar-refractivity contribution >= 4 is 17.7 Å². The summed E-state index contributed by atoms with van der Waals surface area (Å²) in [6.45, 7) is 45.4. The van der Waals surface area contributed by atoms with Crippen molar-refractivity contribution in [1.29, 1.82) is 0 Å². The topological polar surface area (TPSA) is 100 Å². The summed E-state index contributed by atoms with van der Waals surface area (Å²) in [7, 11) is 4.23. The quantitative estimate of drug-likeness (QED) is 0.0600. The van der Waals surface area contributed by atoms with E-state index in [1.54, 1.807) is 0 Å². The summed E-state index contributed by atoms with van der Waals surface area (Å²) in [5.74, 6) is 1.72. The van der Waals surface area contributed by atoms with Gasteiger partial charge in [0.1, 0.15) is 0 Å². The Morgan fingerprint density at radius 3 is 1.12 bits per heavy atom. The van der Waals surface area contributed by atoms with Gasteiger partial charge in [0.05, 0.1) is 0 Å². The number of rotatable bonds is 31. The van der Waals surface area contributed by atoms with Crippen LogP contribution in [0.25, 0.3) is 0 Å². The average Bonchev–Trinajstić information content (AvgIpc) is 3.22. The molecule has 0 spiro atoms. The van der Waals surface area contributed by atoms with E-state index in [-0.39, 0.29) is 35.0 Å². The Hall–Kier alpha value is -1.75. The maximum Gasteiger partial charge on any atom is 0.225 e. The second kappa shape index (κ2) is 43.3. The highest BCUT2D eigenvalue weighted by Crippen LogP contribution is 2.19. The Morgan fingerprint density at radius 2 is 0.845 bits per heavy atom. The number of carbonyl (C=O) groups is 3. The molecule has 0 aliphatic heterocycles. The third-order valence-corrected chi connectivity index (χ3v) is 11.3. The molecule has 3 unspecified atom stereocenters.